The number of furan rings is 1. The van der Waals surface area contributed by atoms with E-state index in [0.29, 0.717) is 6.54 Å². The van der Waals surface area contributed by atoms with E-state index in [9.17, 15) is 0 Å². The summed E-state index contributed by atoms with van der Waals surface area (Å²) < 4.78 is 5.81. The van der Waals surface area contributed by atoms with Crippen LogP contribution in [-0.2, 0) is 19.6 Å². The second-order valence-electron chi connectivity index (χ2n) is 5.21. The van der Waals surface area contributed by atoms with Crippen molar-refractivity contribution in [1.29, 1.82) is 0 Å². The van der Waals surface area contributed by atoms with Crippen molar-refractivity contribution in [2.24, 2.45) is 5.73 Å². The second-order valence-corrected chi connectivity index (χ2v) is 6.25. The molecule has 19 heavy (non-hydrogen) atoms. The van der Waals surface area contributed by atoms with E-state index < -0.39 is 0 Å². The fourth-order valence-electron chi connectivity index (χ4n) is 2.42. The molecule has 1 fully saturated rings. The zero-order chi connectivity index (χ0) is 13.2. The van der Waals surface area contributed by atoms with E-state index in [2.05, 4.69) is 28.5 Å². The smallest absolute Gasteiger partial charge is 0.118 e. The minimum absolute atomic E-state index is 0.559. The van der Waals surface area contributed by atoms with E-state index in [0.717, 1.165) is 36.2 Å². The maximum atomic E-state index is 5.81. The van der Waals surface area contributed by atoms with Gasteiger partial charge in [0.05, 0.1) is 6.54 Å². The Morgan fingerprint density at radius 1 is 1.42 bits per heavy atom. The van der Waals surface area contributed by atoms with Gasteiger partial charge in [0.15, 0.2) is 0 Å². The largest absolute Gasteiger partial charge is 0.465 e. The third kappa shape index (κ3) is 3.08. The first-order chi connectivity index (χ1) is 9.26. The molecule has 1 saturated carbocycles. The molecule has 1 aliphatic rings. The number of aryl methyl sites for hydroxylation is 1. The van der Waals surface area contributed by atoms with Crippen LogP contribution in [0.1, 0.15) is 34.8 Å². The summed E-state index contributed by atoms with van der Waals surface area (Å²) in [6.07, 6.45) is 2.63. The van der Waals surface area contributed by atoms with Gasteiger partial charge in [-0.1, -0.05) is 6.07 Å². The lowest BCUT2D eigenvalue weighted by Crippen LogP contribution is -2.24. The van der Waals surface area contributed by atoms with Crippen molar-refractivity contribution in [2.75, 3.05) is 0 Å². The lowest BCUT2D eigenvalue weighted by atomic mass is 10.2. The van der Waals surface area contributed by atoms with Crippen LogP contribution >= 0.6 is 11.3 Å². The quantitative estimate of drug-likeness (QED) is 0.880. The Morgan fingerprint density at radius 2 is 2.26 bits per heavy atom. The Hall–Kier alpha value is -1.10. The molecule has 0 saturated heterocycles. The molecule has 4 heteroatoms. The molecule has 2 aromatic heterocycles. The van der Waals surface area contributed by atoms with Crippen molar-refractivity contribution in [3.05, 3.63) is 45.5 Å². The maximum Gasteiger partial charge on any atom is 0.118 e. The summed E-state index contributed by atoms with van der Waals surface area (Å²) in [5, 5.41) is 2.14. The molecule has 2 N–H and O–H groups in total. The van der Waals surface area contributed by atoms with Gasteiger partial charge < -0.3 is 10.2 Å². The van der Waals surface area contributed by atoms with Gasteiger partial charge in [-0.25, -0.2) is 0 Å². The van der Waals surface area contributed by atoms with E-state index in [4.69, 9.17) is 10.2 Å². The average molecular weight is 276 g/mol. The van der Waals surface area contributed by atoms with Crippen LogP contribution in [0.15, 0.2) is 28.0 Å². The molecule has 102 valence electrons. The van der Waals surface area contributed by atoms with Crippen molar-refractivity contribution in [3.63, 3.8) is 0 Å². The molecule has 0 radical (unpaired) electrons. The van der Waals surface area contributed by atoms with Crippen LogP contribution in [-0.4, -0.2) is 10.9 Å². The molecule has 0 aromatic carbocycles. The zero-order valence-electron chi connectivity index (χ0n) is 11.3. The Labute approximate surface area is 118 Å². The van der Waals surface area contributed by atoms with E-state index in [-0.39, 0.29) is 0 Å². The van der Waals surface area contributed by atoms with Gasteiger partial charge in [-0.3, -0.25) is 4.90 Å². The second kappa shape index (κ2) is 5.49. The van der Waals surface area contributed by atoms with Gasteiger partial charge in [-0.15, -0.1) is 11.3 Å². The van der Waals surface area contributed by atoms with Crippen LogP contribution in [0.2, 0.25) is 0 Å². The molecular formula is C15H20N2OS. The van der Waals surface area contributed by atoms with Gasteiger partial charge in [0, 0.05) is 29.6 Å². The minimum atomic E-state index is 0.559. The molecule has 2 aromatic rings. The summed E-state index contributed by atoms with van der Waals surface area (Å²) in [6.45, 7) is 4.47. The van der Waals surface area contributed by atoms with Gasteiger partial charge in [0.2, 0.25) is 0 Å². The van der Waals surface area contributed by atoms with Crippen LogP contribution in [0.25, 0.3) is 0 Å². The maximum absolute atomic E-state index is 5.81. The standard InChI is InChI=1S/C15H20N2OS/c1-11-12(8-16)7-14(18-11)9-17(13-4-5-13)10-15-3-2-6-19-15/h2-3,6-7,13H,4-5,8-10,16H2,1H3. The number of nitrogens with zero attached hydrogens (tertiary/aromatic N) is 1. The Kier molecular flexibility index (Phi) is 3.73. The molecule has 0 atom stereocenters. The minimum Gasteiger partial charge on any atom is -0.465 e. The van der Waals surface area contributed by atoms with Gasteiger partial charge in [-0.05, 0) is 37.3 Å². The van der Waals surface area contributed by atoms with E-state index in [1.54, 1.807) is 0 Å². The fraction of sp³-hybridized carbons (Fsp3) is 0.467. The molecule has 0 amide bonds. The Bertz CT molecular complexity index is 528. The van der Waals surface area contributed by atoms with Crippen molar-refractivity contribution >= 4 is 11.3 Å². The third-order valence-electron chi connectivity index (χ3n) is 3.65. The molecule has 0 unspecified atom stereocenters. The van der Waals surface area contributed by atoms with Crippen molar-refractivity contribution < 1.29 is 4.42 Å². The first kappa shape index (κ1) is 12.9. The number of nitrogens with two attached hydrogens (primary N) is 1. The summed E-state index contributed by atoms with van der Waals surface area (Å²) in [5.74, 6) is 2.01. The van der Waals surface area contributed by atoms with E-state index in [1.807, 2.05) is 18.3 Å². The van der Waals surface area contributed by atoms with Crippen molar-refractivity contribution in [1.82, 2.24) is 4.90 Å². The van der Waals surface area contributed by atoms with Crippen molar-refractivity contribution in [3.8, 4) is 0 Å². The highest BCUT2D eigenvalue weighted by atomic mass is 32.1. The number of hydrogen-bond donors (Lipinski definition) is 1. The van der Waals surface area contributed by atoms with Crippen LogP contribution in [0.3, 0.4) is 0 Å². The van der Waals surface area contributed by atoms with Crippen molar-refractivity contribution in [2.45, 2.75) is 45.4 Å². The van der Waals surface area contributed by atoms with E-state index in [1.165, 1.54) is 17.7 Å². The average Bonchev–Trinajstić information content (AvgIpc) is 3.01. The zero-order valence-corrected chi connectivity index (χ0v) is 12.1. The monoisotopic (exact) mass is 276 g/mol. The molecule has 0 spiro atoms. The number of thiophene rings is 1. The topological polar surface area (TPSA) is 42.4 Å². The highest BCUT2D eigenvalue weighted by molar-refractivity contribution is 7.09. The SMILES string of the molecule is Cc1oc(CN(Cc2cccs2)C2CC2)cc1CN. The number of rotatable bonds is 6. The Balaban J connectivity index is 1.70. The predicted octanol–water partition coefficient (Wildman–Crippen LogP) is 3.27. The molecule has 0 bridgehead atoms. The molecule has 3 nitrogen and oxygen atoms in total. The summed E-state index contributed by atoms with van der Waals surface area (Å²) in [4.78, 5) is 3.94. The normalized spacial score (nSPS) is 15.3. The molecule has 1 aliphatic carbocycles. The lowest BCUT2D eigenvalue weighted by Gasteiger charge is -2.19. The highest BCUT2D eigenvalue weighted by Gasteiger charge is 2.29. The first-order valence-electron chi connectivity index (χ1n) is 6.81. The van der Waals surface area contributed by atoms with Crippen LogP contribution in [0.5, 0.6) is 0 Å². The van der Waals surface area contributed by atoms with E-state index >= 15 is 0 Å². The van der Waals surface area contributed by atoms with Crippen LogP contribution < -0.4 is 5.73 Å². The Morgan fingerprint density at radius 3 is 2.84 bits per heavy atom. The van der Waals surface area contributed by atoms with Crippen LogP contribution in [0.4, 0.5) is 0 Å². The van der Waals surface area contributed by atoms with Gasteiger partial charge in [0.1, 0.15) is 11.5 Å². The lowest BCUT2D eigenvalue weighted by molar-refractivity contribution is 0.226. The molecular weight excluding hydrogens is 256 g/mol. The molecule has 0 aliphatic heterocycles. The fourth-order valence-corrected chi connectivity index (χ4v) is 3.15. The van der Waals surface area contributed by atoms with Gasteiger partial charge in [-0.2, -0.15) is 0 Å². The molecule has 2 heterocycles. The highest BCUT2D eigenvalue weighted by Crippen LogP contribution is 2.31. The summed E-state index contributed by atoms with van der Waals surface area (Å²) in [7, 11) is 0. The van der Waals surface area contributed by atoms with Crippen LogP contribution in [0, 0.1) is 6.92 Å². The first-order valence-corrected chi connectivity index (χ1v) is 7.69. The number of hydrogen-bond acceptors (Lipinski definition) is 4. The third-order valence-corrected chi connectivity index (χ3v) is 4.51. The van der Waals surface area contributed by atoms with Gasteiger partial charge >= 0.3 is 0 Å². The summed E-state index contributed by atoms with van der Waals surface area (Å²) >= 11 is 1.83. The summed E-state index contributed by atoms with van der Waals surface area (Å²) in [6, 6.07) is 7.17. The predicted molar refractivity (Wildman–Crippen MR) is 77.9 cm³/mol. The van der Waals surface area contributed by atoms with Gasteiger partial charge in [0.25, 0.3) is 0 Å². The summed E-state index contributed by atoms with van der Waals surface area (Å²) in [5.41, 5.74) is 6.83. The molecule has 3 rings (SSSR count).